The summed E-state index contributed by atoms with van der Waals surface area (Å²) in [5.41, 5.74) is 2.79. The van der Waals surface area contributed by atoms with E-state index in [1.807, 2.05) is 27.7 Å². The molecule has 0 radical (unpaired) electrons. The molecule has 0 aliphatic carbocycles. The zero-order valence-electron chi connectivity index (χ0n) is 20.9. The summed E-state index contributed by atoms with van der Waals surface area (Å²) < 4.78 is 35.1. The number of hydrogen-bond acceptors (Lipinski definition) is 5. The van der Waals surface area contributed by atoms with E-state index in [-0.39, 0.29) is 23.1 Å². The molecule has 8 heteroatoms. The van der Waals surface area contributed by atoms with Crippen LogP contribution in [0.4, 0.5) is 0 Å². The quantitative estimate of drug-likeness (QED) is 0.372. The second-order valence-corrected chi connectivity index (χ2v) is 10.7. The van der Waals surface area contributed by atoms with Crippen molar-refractivity contribution in [2.24, 2.45) is 5.92 Å². The highest BCUT2D eigenvalue weighted by Crippen LogP contribution is 2.28. The van der Waals surface area contributed by atoms with E-state index in [2.05, 4.69) is 0 Å². The Kier molecular flexibility index (Phi) is 8.65. The van der Waals surface area contributed by atoms with Crippen molar-refractivity contribution >= 4 is 21.8 Å². The molecule has 7 nitrogen and oxygen atoms in total. The maximum absolute atomic E-state index is 13.7. The lowest BCUT2D eigenvalue weighted by Gasteiger charge is -2.28. The number of esters is 1. The molecule has 33 heavy (non-hydrogen) atoms. The highest BCUT2D eigenvalue weighted by atomic mass is 32.2. The Morgan fingerprint density at radius 3 is 2.12 bits per heavy atom. The average molecular weight is 477 g/mol. The van der Waals surface area contributed by atoms with E-state index < -0.39 is 22.0 Å². The SMILES string of the molecule is CCn1c(C)c(C(=O)C(C)N(CCC(C)C)S(=O)(=O)c2ccc(C)cc2)c(C)c1C(=O)OC. The number of ketones is 1. The van der Waals surface area contributed by atoms with Crippen LogP contribution in [0, 0.1) is 26.7 Å². The van der Waals surface area contributed by atoms with E-state index in [1.165, 1.54) is 11.4 Å². The third kappa shape index (κ3) is 5.38. The lowest BCUT2D eigenvalue weighted by Crippen LogP contribution is -2.44. The van der Waals surface area contributed by atoms with E-state index in [4.69, 9.17) is 4.74 Å². The van der Waals surface area contributed by atoms with Gasteiger partial charge < -0.3 is 9.30 Å². The predicted octanol–water partition coefficient (Wildman–Crippen LogP) is 4.53. The molecule has 1 aromatic carbocycles. The molecule has 1 heterocycles. The monoisotopic (exact) mass is 476 g/mol. The van der Waals surface area contributed by atoms with E-state index in [9.17, 15) is 18.0 Å². The van der Waals surface area contributed by atoms with Crippen LogP contribution in [0.15, 0.2) is 29.2 Å². The maximum atomic E-state index is 13.7. The average Bonchev–Trinajstić information content (AvgIpc) is 3.01. The van der Waals surface area contributed by atoms with Crippen LogP contribution in [-0.4, -0.2) is 48.7 Å². The van der Waals surface area contributed by atoms with Crippen LogP contribution < -0.4 is 0 Å². The van der Waals surface area contributed by atoms with Gasteiger partial charge in [-0.1, -0.05) is 31.5 Å². The summed E-state index contributed by atoms with van der Waals surface area (Å²) in [5.74, 6) is -0.589. The molecule has 2 aromatic rings. The molecule has 1 atom stereocenters. The van der Waals surface area contributed by atoms with Gasteiger partial charge in [-0.2, -0.15) is 4.31 Å². The zero-order chi connectivity index (χ0) is 25.1. The largest absolute Gasteiger partial charge is 0.464 e. The van der Waals surface area contributed by atoms with E-state index in [1.54, 1.807) is 49.6 Å². The summed E-state index contributed by atoms with van der Waals surface area (Å²) in [4.78, 5) is 26.3. The first-order valence-electron chi connectivity index (χ1n) is 11.3. The Labute approximate surface area is 197 Å². The molecule has 0 aliphatic heterocycles. The van der Waals surface area contributed by atoms with Crippen LogP contribution in [0.5, 0.6) is 0 Å². The molecule has 182 valence electrons. The number of nitrogens with zero attached hydrogens (tertiary/aromatic N) is 2. The summed E-state index contributed by atoms with van der Waals surface area (Å²) in [6.07, 6.45) is 0.615. The molecule has 1 aromatic heterocycles. The van der Waals surface area contributed by atoms with Gasteiger partial charge in [-0.05, 0) is 64.7 Å². The van der Waals surface area contributed by atoms with Crippen molar-refractivity contribution in [3.8, 4) is 0 Å². The van der Waals surface area contributed by atoms with Gasteiger partial charge in [-0.3, -0.25) is 4.79 Å². The van der Waals surface area contributed by atoms with Gasteiger partial charge in [-0.25, -0.2) is 13.2 Å². The van der Waals surface area contributed by atoms with Gasteiger partial charge in [0.05, 0.1) is 18.0 Å². The number of Topliss-reactive ketones (excluding diaryl/α,β-unsaturated/α-hetero) is 1. The van der Waals surface area contributed by atoms with Crippen LogP contribution in [0.25, 0.3) is 0 Å². The van der Waals surface area contributed by atoms with Crippen molar-refractivity contribution < 1.29 is 22.7 Å². The second kappa shape index (κ2) is 10.7. The molecule has 0 bridgehead atoms. The van der Waals surface area contributed by atoms with Crippen molar-refractivity contribution in [1.29, 1.82) is 0 Å². The molecule has 0 amide bonds. The molecule has 0 fully saturated rings. The molecule has 0 saturated carbocycles. The van der Waals surface area contributed by atoms with E-state index >= 15 is 0 Å². The van der Waals surface area contributed by atoms with Crippen LogP contribution >= 0.6 is 0 Å². The maximum Gasteiger partial charge on any atom is 0.354 e. The Balaban J connectivity index is 2.58. The van der Waals surface area contributed by atoms with Crippen LogP contribution in [0.2, 0.25) is 0 Å². The summed E-state index contributed by atoms with van der Waals surface area (Å²) in [7, 11) is -2.61. The summed E-state index contributed by atoms with van der Waals surface area (Å²) in [6.45, 7) is 13.6. The van der Waals surface area contributed by atoms with Crippen LogP contribution in [0.3, 0.4) is 0 Å². The lowest BCUT2D eigenvalue weighted by atomic mass is 10.0. The minimum absolute atomic E-state index is 0.159. The number of benzene rings is 1. The first-order chi connectivity index (χ1) is 15.4. The number of ether oxygens (including phenoxy) is 1. The first kappa shape index (κ1) is 26.8. The van der Waals surface area contributed by atoms with Gasteiger partial charge in [0.1, 0.15) is 5.69 Å². The van der Waals surface area contributed by atoms with E-state index in [0.29, 0.717) is 35.5 Å². The molecule has 2 rings (SSSR count). The smallest absolute Gasteiger partial charge is 0.354 e. The normalized spacial score (nSPS) is 12.9. The number of carbonyl (C=O) groups excluding carboxylic acids is 2. The van der Waals surface area contributed by atoms with Gasteiger partial charge in [0.2, 0.25) is 10.0 Å². The van der Waals surface area contributed by atoms with Gasteiger partial charge in [0.15, 0.2) is 5.78 Å². The highest BCUT2D eigenvalue weighted by molar-refractivity contribution is 7.89. The Morgan fingerprint density at radius 1 is 1.06 bits per heavy atom. The Hall–Kier alpha value is -2.45. The summed E-state index contributed by atoms with van der Waals surface area (Å²) >= 11 is 0. The van der Waals surface area contributed by atoms with Crippen molar-refractivity contribution in [2.45, 2.75) is 72.4 Å². The fourth-order valence-corrected chi connectivity index (χ4v) is 5.71. The van der Waals surface area contributed by atoms with Crippen molar-refractivity contribution in [2.75, 3.05) is 13.7 Å². The number of hydrogen-bond donors (Lipinski definition) is 0. The van der Waals surface area contributed by atoms with Crippen molar-refractivity contribution in [3.05, 3.63) is 52.3 Å². The second-order valence-electron chi connectivity index (χ2n) is 8.82. The number of methoxy groups -OCH3 is 1. The highest BCUT2D eigenvalue weighted by Gasteiger charge is 2.36. The number of carbonyl (C=O) groups is 2. The zero-order valence-corrected chi connectivity index (χ0v) is 21.7. The minimum atomic E-state index is -3.91. The third-order valence-electron chi connectivity index (χ3n) is 6.07. The molecular weight excluding hydrogens is 440 g/mol. The lowest BCUT2D eigenvalue weighted by molar-refractivity contribution is 0.0587. The van der Waals surface area contributed by atoms with Gasteiger partial charge >= 0.3 is 5.97 Å². The fraction of sp³-hybridized carbons (Fsp3) is 0.520. The molecule has 1 unspecified atom stereocenters. The van der Waals surface area contributed by atoms with Crippen LogP contribution in [0.1, 0.15) is 71.8 Å². The van der Waals surface area contributed by atoms with Gasteiger partial charge in [0, 0.05) is 24.3 Å². The standard InChI is InChI=1S/C25H36N2O5S/c1-9-26-19(6)22(18(5)23(26)25(29)32-8)24(28)20(7)27(15-14-16(2)3)33(30,31)21-12-10-17(4)11-13-21/h10-13,16,20H,9,14-15H2,1-8H3. The fourth-order valence-electron chi connectivity index (χ4n) is 4.11. The number of sulfonamides is 1. The van der Waals surface area contributed by atoms with Gasteiger partial charge in [0.25, 0.3) is 0 Å². The van der Waals surface area contributed by atoms with Crippen molar-refractivity contribution in [3.63, 3.8) is 0 Å². The van der Waals surface area contributed by atoms with Gasteiger partial charge in [-0.15, -0.1) is 0 Å². The summed E-state index contributed by atoms with van der Waals surface area (Å²) in [6, 6.07) is 5.70. The van der Waals surface area contributed by atoms with Crippen molar-refractivity contribution in [1.82, 2.24) is 8.87 Å². The number of rotatable bonds is 10. The number of aromatic nitrogens is 1. The van der Waals surface area contributed by atoms with E-state index in [0.717, 1.165) is 5.56 Å². The molecular formula is C25H36N2O5S. The Bertz CT molecular complexity index is 1110. The molecule has 0 saturated heterocycles. The molecule has 0 spiro atoms. The molecule has 0 aliphatic rings. The minimum Gasteiger partial charge on any atom is -0.464 e. The summed E-state index contributed by atoms with van der Waals surface area (Å²) in [5, 5.41) is 0. The number of aryl methyl sites for hydroxylation is 1. The topological polar surface area (TPSA) is 85.7 Å². The Morgan fingerprint density at radius 2 is 1.64 bits per heavy atom. The third-order valence-corrected chi connectivity index (χ3v) is 8.06. The predicted molar refractivity (Wildman–Crippen MR) is 129 cm³/mol. The molecule has 0 N–H and O–H groups in total. The van der Waals surface area contributed by atoms with Crippen LogP contribution in [-0.2, 0) is 21.3 Å². The first-order valence-corrected chi connectivity index (χ1v) is 12.7.